The summed E-state index contributed by atoms with van der Waals surface area (Å²) in [4.78, 5) is 13.5. The van der Waals surface area contributed by atoms with Gasteiger partial charge in [-0.25, -0.2) is 4.68 Å². The third kappa shape index (κ3) is 4.19. The molecule has 1 N–H and O–H groups in total. The molecule has 0 saturated heterocycles. The van der Waals surface area contributed by atoms with Gasteiger partial charge in [0.15, 0.2) is 17.2 Å². The maximum Gasteiger partial charge on any atom is 0.586 e. The highest BCUT2D eigenvalue weighted by molar-refractivity contribution is 5.79. The van der Waals surface area contributed by atoms with Crippen molar-refractivity contribution in [1.82, 2.24) is 20.0 Å². The molecule has 8 rings (SSSR count). The summed E-state index contributed by atoms with van der Waals surface area (Å²) in [5.74, 6) is -0.828. The minimum atomic E-state index is -4.69. The maximum atomic E-state index is 14.1. The van der Waals surface area contributed by atoms with E-state index in [2.05, 4.69) is 24.8 Å². The van der Waals surface area contributed by atoms with Crippen LogP contribution in [0.2, 0.25) is 0 Å². The smallest absolute Gasteiger partial charge is 0.481 e. The van der Waals surface area contributed by atoms with E-state index >= 15 is 0 Å². The third-order valence-electron chi connectivity index (χ3n) is 8.55. The van der Waals surface area contributed by atoms with Crippen molar-refractivity contribution in [2.24, 2.45) is 10.8 Å². The Morgan fingerprint density at radius 1 is 1.17 bits per heavy atom. The van der Waals surface area contributed by atoms with Crippen LogP contribution in [0.4, 0.5) is 27.8 Å². The second-order valence-corrected chi connectivity index (χ2v) is 11.6. The Hall–Kier alpha value is -4.17. The Bertz CT molecular complexity index is 1590. The van der Waals surface area contributed by atoms with Crippen LogP contribution < -0.4 is 19.1 Å². The van der Waals surface area contributed by atoms with Crippen molar-refractivity contribution < 1.29 is 46.1 Å². The van der Waals surface area contributed by atoms with Crippen LogP contribution in [-0.4, -0.2) is 50.4 Å². The van der Waals surface area contributed by atoms with Crippen molar-refractivity contribution in [2.75, 3.05) is 18.0 Å². The van der Waals surface area contributed by atoms with Gasteiger partial charge in [0.05, 0.1) is 17.3 Å². The largest absolute Gasteiger partial charge is 0.586 e. The molecule has 10 nitrogen and oxygen atoms in total. The highest BCUT2D eigenvalue weighted by atomic mass is 19.4. The molecule has 15 heteroatoms. The fourth-order valence-corrected chi connectivity index (χ4v) is 6.89. The lowest BCUT2D eigenvalue weighted by Gasteiger charge is -2.69. The van der Waals surface area contributed by atoms with Gasteiger partial charge in [-0.15, -0.1) is 13.9 Å². The molecule has 222 valence electrons. The van der Waals surface area contributed by atoms with Gasteiger partial charge >= 0.3 is 18.4 Å². The highest BCUT2D eigenvalue weighted by Gasteiger charge is 2.72. The van der Waals surface area contributed by atoms with Gasteiger partial charge in [-0.05, 0) is 62.1 Å². The Morgan fingerprint density at radius 3 is 2.62 bits per heavy atom. The zero-order valence-corrected chi connectivity index (χ0v) is 22.1. The molecule has 2 aliphatic heterocycles. The third-order valence-corrected chi connectivity index (χ3v) is 8.55. The fourth-order valence-electron chi connectivity index (χ4n) is 6.89. The minimum Gasteiger partial charge on any atom is -0.481 e. The highest BCUT2D eigenvalue weighted by Crippen LogP contribution is 2.73. The number of aromatic nitrogens is 4. The number of nitrogens with zero attached hydrogens (tertiary/aromatic N) is 5. The molecule has 3 fully saturated rings. The lowest BCUT2D eigenvalue weighted by atomic mass is 9.35. The summed E-state index contributed by atoms with van der Waals surface area (Å²) in [7, 11) is 0. The van der Waals surface area contributed by atoms with Crippen LogP contribution >= 0.6 is 0 Å². The Morgan fingerprint density at radius 2 is 1.90 bits per heavy atom. The van der Waals surface area contributed by atoms with E-state index < -0.39 is 35.7 Å². The van der Waals surface area contributed by atoms with Gasteiger partial charge in [0.25, 0.3) is 0 Å². The first kappa shape index (κ1) is 26.7. The van der Waals surface area contributed by atoms with Gasteiger partial charge in [-0.3, -0.25) is 4.79 Å². The number of alkyl halides is 5. The lowest BCUT2D eigenvalue weighted by molar-refractivity contribution is -0.286. The predicted molar refractivity (Wildman–Crippen MR) is 133 cm³/mol. The molecule has 5 aliphatic rings. The van der Waals surface area contributed by atoms with Crippen LogP contribution in [0.25, 0.3) is 5.69 Å². The fraction of sp³-hybridized carbons (Fsp3) is 0.481. The summed E-state index contributed by atoms with van der Waals surface area (Å²) in [6, 6.07) is 5.59. The maximum absolute atomic E-state index is 14.1. The van der Waals surface area contributed by atoms with Crippen molar-refractivity contribution >= 4 is 11.8 Å². The summed E-state index contributed by atoms with van der Waals surface area (Å²) < 4.78 is 85.1. The number of halogens is 5. The van der Waals surface area contributed by atoms with Gasteiger partial charge in [0, 0.05) is 24.7 Å². The van der Waals surface area contributed by atoms with Gasteiger partial charge in [0.1, 0.15) is 11.9 Å². The van der Waals surface area contributed by atoms with E-state index in [1.165, 1.54) is 35.1 Å². The molecule has 2 aromatic heterocycles. The molecule has 0 unspecified atom stereocenters. The zero-order chi connectivity index (χ0) is 29.7. The molecule has 1 atom stereocenters. The van der Waals surface area contributed by atoms with E-state index in [-0.39, 0.29) is 40.5 Å². The molecule has 0 radical (unpaired) electrons. The first-order valence-corrected chi connectivity index (χ1v) is 13.3. The zero-order valence-electron chi connectivity index (χ0n) is 22.1. The monoisotopic (exact) mass is 593 g/mol. The summed E-state index contributed by atoms with van der Waals surface area (Å²) in [5, 5.41) is 21.3. The molecule has 3 saturated carbocycles. The minimum absolute atomic E-state index is 0.0222. The normalized spacial score (nSPS) is 25.7. The van der Waals surface area contributed by atoms with E-state index in [1.807, 2.05) is 4.90 Å². The quantitative estimate of drug-likeness (QED) is 0.372. The number of benzene rings is 1. The number of rotatable bonds is 7. The van der Waals surface area contributed by atoms with Gasteiger partial charge in [-0.1, -0.05) is 6.07 Å². The van der Waals surface area contributed by atoms with E-state index in [1.54, 1.807) is 6.92 Å². The summed E-state index contributed by atoms with van der Waals surface area (Å²) in [5.41, 5.74) is -1.19. The number of carbonyl (C=O) groups is 1. The number of hydrogen-bond acceptors (Lipinski definition) is 8. The molecular formula is C27H24F5N5O5. The Kier molecular flexibility index (Phi) is 5.52. The summed E-state index contributed by atoms with van der Waals surface area (Å²) in [6.45, 7) is 2.57. The number of aliphatic carboxylic acids is 1. The van der Waals surface area contributed by atoms with E-state index in [0.717, 1.165) is 0 Å². The number of ether oxygens (including phenoxy) is 3. The van der Waals surface area contributed by atoms with E-state index in [0.29, 0.717) is 50.2 Å². The average Bonchev–Trinajstić information content (AvgIpc) is 3.41. The first-order chi connectivity index (χ1) is 19.8. The van der Waals surface area contributed by atoms with Crippen LogP contribution in [0.5, 0.6) is 17.4 Å². The average molecular weight is 594 g/mol. The first-order valence-electron chi connectivity index (χ1n) is 13.3. The molecule has 2 bridgehead atoms. The second-order valence-electron chi connectivity index (χ2n) is 11.6. The number of carboxylic acids is 1. The summed E-state index contributed by atoms with van der Waals surface area (Å²) in [6.07, 6.45) is -5.69. The Labute approximate surface area is 235 Å². The van der Waals surface area contributed by atoms with Gasteiger partial charge in [0.2, 0.25) is 5.88 Å². The molecular weight excluding hydrogens is 569 g/mol. The molecule has 3 aromatic rings. The van der Waals surface area contributed by atoms with Crippen molar-refractivity contribution in [3.8, 4) is 23.1 Å². The topological polar surface area (TPSA) is 112 Å². The number of hydrogen-bond donors (Lipinski definition) is 1. The van der Waals surface area contributed by atoms with Gasteiger partial charge in [-0.2, -0.15) is 23.4 Å². The van der Waals surface area contributed by atoms with Crippen molar-refractivity contribution in [1.29, 1.82) is 0 Å². The molecule has 0 amide bonds. The van der Waals surface area contributed by atoms with Crippen LogP contribution in [0, 0.1) is 10.8 Å². The van der Waals surface area contributed by atoms with Crippen LogP contribution in [0.15, 0.2) is 30.5 Å². The van der Waals surface area contributed by atoms with Crippen molar-refractivity contribution in [3.05, 3.63) is 47.3 Å². The predicted octanol–water partition coefficient (Wildman–Crippen LogP) is 5.15. The number of carboxylic acid groups (broad SMARTS) is 1. The van der Waals surface area contributed by atoms with Gasteiger partial charge < -0.3 is 24.2 Å². The Balaban J connectivity index is 1.18. The van der Waals surface area contributed by atoms with Crippen molar-refractivity contribution in [2.45, 2.75) is 57.6 Å². The lowest BCUT2D eigenvalue weighted by Crippen LogP contribution is -2.69. The SMILES string of the molecule is C[C@@H](Oc1cc(-n2nc(C(F)(F)F)c3c2N(CC24CC(C(=O)O)(C2)C4)CCC3)cnn1)c1ccc2c(c1)OC(F)(F)O2. The van der Waals surface area contributed by atoms with Crippen LogP contribution in [-0.2, 0) is 17.4 Å². The van der Waals surface area contributed by atoms with Crippen LogP contribution in [0.1, 0.15) is 55.5 Å². The van der Waals surface area contributed by atoms with Crippen LogP contribution in [0.3, 0.4) is 0 Å². The number of anilines is 1. The molecule has 42 heavy (non-hydrogen) atoms. The molecule has 0 spiro atoms. The van der Waals surface area contributed by atoms with Crippen molar-refractivity contribution in [3.63, 3.8) is 0 Å². The number of fused-ring (bicyclic) bond motifs is 2. The second kappa shape index (κ2) is 8.67. The molecule has 4 heterocycles. The molecule has 1 aromatic carbocycles. The molecule has 3 aliphatic carbocycles. The van der Waals surface area contributed by atoms with E-state index in [4.69, 9.17) is 4.74 Å². The van der Waals surface area contributed by atoms with E-state index in [9.17, 15) is 31.9 Å². The summed E-state index contributed by atoms with van der Waals surface area (Å²) >= 11 is 0. The standard InChI is InChI=1S/C27H24F5N5O5/c1-14(15-4-5-18-19(7-15)42-27(31,32)41-18)40-20-8-16(9-33-34-20)37-22-17(21(35-37)26(28,29)30)3-2-6-36(22)13-24-10-25(11-24,12-24)23(38)39/h4-5,7-9,14H,2-3,6,10-13H2,1H3,(H,38,39)/t14-,24?,25?/m1/s1.